The van der Waals surface area contributed by atoms with E-state index < -0.39 is 0 Å². The molecular weight excluding hydrogens is 342 g/mol. The number of nitrogens with zero attached hydrogens (tertiary/aromatic N) is 2. The van der Waals surface area contributed by atoms with Gasteiger partial charge in [-0.05, 0) is 41.8 Å². The second kappa shape index (κ2) is 7.53. The minimum atomic E-state index is -0.209. The van der Waals surface area contributed by atoms with Crippen LogP contribution in [0.3, 0.4) is 0 Å². The van der Waals surface area contributed by atoms with Crippen LogP contribution >= 0.6 is 0 Å². The summed E-state index contributed by atoms with van der Waals surface area (Å²) in [7, 11) is 1.62. The molecule has 0 saturated carbocycles. The lowest BCUT2D eigenvalue weighted by molar-refractivity contribution is -0.126. The number of amides is 1. The fourth-order valence-electron chi connectivity index (χ4n) is 3.29. The van der Waals surface area contributed by atoms with E-state index in [4.69, 9.17) is 9.47 Å². The highest BCUT2D eigenvalue weighted by molar-refractivity contribution is 5.79. The largest absolute Gasteiger partial charge is 0.493 e. The predicted octanol–water partition coefficient (Wildman–Crippen LogP) is 2.75. The summed E-state index contributed by atoms with van der Waals surface area (Å²) in [6, 6.07) is 15.6. The van der Waals surface area contributed by atoms with Crippen molar-refractivity contribution in [3.05, 3.63) is 72.1 Å². The number of para-hydroxylation sites is 1. The molecule has 1 aliphatic heterocycles. The Kier molecular flexibility index (Phi) is 4.78. The Hall–Kier alpha value is -3.28. The zero-order chi connectivity index (χ0) is 18.6. The number of benzene rings is 2. The fourth-order valence-corrected chi connectivity index (χ4v) is 3.29. The molecule has 0 aliphatic carbocycles. The molecule has 0 bridgehead atoms. The first kappa shape index (κ1) is 17.1. The first-order valence-electron chi connectivity index (χ1n) is 8.90. The minimum absolute atomic E-state index is 0.00652. The molecule has 27 heavy (non-hydrogen) atoms. The topological polar surface area (TPSA) is 65.4 Å². The third-order valence-electron chi connectivity index (χ3n) is 4.69. The first-order chi connectivity index (χ1) is 13.2. The van der Waals surface area contributed by atoms with Crippen LogP contribution < -0.4 is 14.8 Å². The molecule has 4 rings (SSSR count). The second-order valence-corrected chi connectivity index (χ2v) is 6.50. The van der Waals surface area contributed by atoms with Crippen molar-refractivity contribution in [1.82, 2.24) is 15.1 Å². The van der Waals surface area contributed by atoms with Crippen LogP contribution in [0.25, 0.3) is 5.69 Å². The summed E-state index contributed by atoms with van der Waals surface area (Å²) in [6.45, 7) is 0.821. The molecule has 2 heterocycles. The molecule has 0 spiro atoms. The average Bonchev–Trinajstić information content (AvgIpc) is 3.26. The highest BCUT2D eigenvalue weighted by Gasteiger charge is 2.27. The fraction of sp³-hybridized carbons (Fsp3) is 0.238. The van der Waals surface area contributed by atoms with Gasteiger partial charge in [0.05, 0.1) is 18.7 Å². The van der Waals surface area contributed by atoms with Crippen LogP contribution in [0.2, 0.25) is 0 Å². The van der Waals surface area contributed by atoms with E-state index in [1.165, 1.54) is 0 Å². The van der Waals surface area contributed by atoms with Crippen LogP contribution in [-0.4, -0.2) is 29.4 Å². The van der Waals surface area contributed by atoms with Crippen LogP contribution in [0, 0.1) is 5.92 Å². The Bertz CT molecular complexity index is 938. The number of carbonyl (C=O) groups is 1. The van der Waals surface area contributed by atoms with Gasteiger partial charge in [0.2, 0.25) is 5.91 Å². The van der Waals surface area contributed by atoms with Crippen molar-refractivity contribution in [2.75, 3.05) is 13.7 Å². The first-order valence-corrected chi connectivity index (χ1v) is 8.90. The number of rotatable bonds is 5. The molecule has 1 aromatic heterocycles. The number of aromatic nitrogens is 2. The Morgan fingerprint density at radius 1 is 1.30 bits per heavy atom. The maximum Gasteiger partial charge on any atom is 0.227 e. The lowest BCUT2D eigenvalue weighted by Crippen LogP contribution is -2.37. The Morgan fingerprint density at radius 3 is 3.00 bits per heavy atom. The van der Waals surface area contributed by atoms with Gasteiger partial charge in [0.25, 0.3) is 0 Å². The maximum absolute atomic E-state index is 12.6. The molecule has 6 heteroatoms. The number of carbonyl (C=O) groups excluding carboxylic acids is 1. The van der Waals surface area contributed by atoms with E-state index >= 15 is 0 Å². The van der Waals surface area contributed by atoms with Crippen LogP contribution in [0.5, 0.6) is 11.5 Å². The van der Waals surface area contributed by atoms with Crippen molar-refractivity contribution >= 4 is 5.91 Å². The van der Waals surface area contributed by atoms with E-state index in [1.807, 2.05) is 54.7 Å². The molecule has 138 valence electrons. The Morgan fingerprint density at radius 2 is 2.19 bits per heavy atom. The molecular formula is C21H21N3O3. The summed E-state index contributed by atoms with van der Waals surface area (Å²) in [4.78, 5) is 12.6. The van der Waals surface area contributed by atoms with Gasteiger partial charge in [0.15, 0.2) is 11.5 Å². The van der Waals surface area contributed by atoms with Gasteiger partial charge in [-0.1, -0.05) is 24.3 Å². The van der Waals surface area contributed by atoms with E-state index in [0.717, 1.165) is 22.6 Å². The van der Waals surface area contributed by atoms with Crippen molar-refractivity contribution in [3.8, 4) is 17.2 Å². The average molecular weight is 363 g/mol. The molecule has 1 amide bonds. The number of methoxy groups -OCH3 is 1. The van der Waals surface area contributed by atoms with Crippen LogP contribution in [0.4, 0.5) is 0 Å². The number of hydrogen-bond donors (Lipinski definition) is 1. The SMILES string of the molecule is COc1cccc2c1OCC(C(=O)NCc1cccc(-n3cccn3)c1)C2. The number of ether oxygens (including phenoxy) is 2. The highest BCUT2D eigenvalue weighted by Crippen LogP contribution is 2.36. The third-order valence-corrected chi connectivity index (χ3v) is 4.69. The smallest absolute Gasteiger partial charge is 0.227 e. The van der Waals surface area contributed by atoms with E-state index in [2.05, 4.69) is 10.4 Å². The summed E-state index contributed by atoms with van der Waals surface area (Å²) in [6.07, 6.45) is 4.28. The molecule has 6 nitrogen and oxygen atoms in total. The molecule has 0 fully saturated rings. The second-order valence-electron chi connectivity index (χ2n) is 6.50. The van der Waals surface area contributed by atoms with Gasteiger partial charge in [-0.15, -0.1) is 0 Å². The predicted molar refractivity (Wildman–Crippen MR) is 101 cm³/mol. The van der Waals surface area contributed by atoms with Crippen molar-refractivity contribution in [1.29, 1.82) is 0 Å². The molecule has 2 aromatic carbocycles. The Balaban J connectivity index is 1.40. The van der Waals surface area contributed by atoms with Crippen LogP contribution in [-0.2, 0) is 17.8 Å². The van der Waals surface area contributed by atoms with Crippen LogP contribution in [0.15, 0.2) is 60.9 Å². The van der Waals surface area contributed by atoms with Gasteiger partial charge in [-0.2, -0.15) is 5.10 Å². The van der Waals surface area contributed by atoms with E-state index in [-0.39, 0.29) is 11.8 Å². The molecule has 1 atom stereocenters. The zero-order valence-electron chi connectivity index (χ0n) is 15.1. The van der Waals surface area contributed by atoms with Crippen molar-refractivity contribution < 1.29 is 14.3 Å². The maximum atomic E-state index is 12.6. The van der Waals surface area contributed by atoms with Gasteiger partial charge >= 0.3 is 0 Å². The van der Waals surface area contributed by atoms with Gasteiger partial charge in [-0.3, -0.25) is 4.79 Å². The summed E-state index contributed by atoms with van der Waals surface area (Å²) in [5.41, 5.74) is 2.99. The lowest BCUT2D eigenvalue weighted by Gasteiger charge is -2.25. The monoisotopic (exact) mass is 363 g/mol. The highest BCUT2D eigenvalue weighted by atomic mass is 16.5. The zero-order valence-corrected chi connectivity index (χ0v) is 15.1. The molecule has 1 aliphatic rings. The van der Waals surface area contributed by atoms with Gasteiger partial charge in [0, 0.05) is 18.9 Å². The quantitative estimate of drug-likeness (QED) is 0.757. The third kappa shape index (κ3) is 3.65. The molecule has 1 N–H and O–H groups in total. The van der Waals surface area contributed by atoms with Gasteiger partial charge < -0.3 is 14.8 Å². The van der Waals surface area contributed by atoms with E-state index in [9.17, 15) is 4.79 Å². The summed E-state index contributed by atoms with van der Waals surface area (Å²) >= 11 is 0. The standard InChI is InChI=1S/C21H21N3O3/c1-26-19-8-3-6-16-12-17(14-27-20(16)19)21(25)22-13-15-5-2-7-18(11-15)24-10-4-9-23-24/h2-11,17H,12-14H2,1H3,(H,22,25). The van der Waals surface area contributed by atoms with Gasteiger partial charge in [-0.25, -0.2) is 4.68 Å². The van der Waals surface area contributed by atoms with Gasteiger partial charge in [0.1, 0.15) is 6.61 Å². The van der Waals surface area contributed by atoms with Crippen LogP contribution in [0.1, 0.15) is 11.1 Å². The summed E-state index contributed by atoms with van der Waals surface area (Å²) in [5.74, 6) is 1.24. The lowest BCUT2D eigenvalue weighted by atomic mass is 9.95. The van der Waals surface area contributed by atoms with Crippen molar-refractivity contribution in [3.63, 3.8) is 0 Å². The van der Waals surface area contributed by atoms with Crippen molar-refractivity contribution in [2.45, 2.75) is 13.0 Å². The normalized spacial score (nSPS) is 15.5. The molecule has 0 radical (unpaired) electrons. The summed E-state index contributed by atoms with van der Waals surface area (Å²) < 4.78 is 12.9. The number of hydrogen-bond acceptors (Lipinski definition) is 4. The van der Waals surface area contributed by atoms with E-state index in [0.29, 0.717) is 25.3 Å². The minimum Gasteiger partial charge on any atom is -0.493 e. The number of nitrogens with one attached hydrogen (secondary N) is 1. The van der Waals surface area contributed by atoms with E-state index in [1.54, 1.807) is 18.0 Å². The molecule has 1 unspecified atom stereocenters. The molecule has 0 saturated heterocycles. The molecule has 3 aromatic rings. The Labute approximate surface area is 157 Å². The number of fused-ring (bicyclic) bond motifs is 1. The van der Waals surface area contributed by atoms with Crippen molar-refractivity contribution in [2.24, 2.45) is 5.92 Å². The summed E-state index contributed by atoms with van der Waals surface area (Å²) in [5, 5.41) is 7.26.